The molecule has 9 aromatic rings. The molecule has 114 heavy (non-hydrogen) atoms. The Morgan fingerprint density at radius 1 is 0.351 bits per heavy atom. The first-order chi connectivity index (χ1) is 55.9. The summed E-state index contributed by atoms with van der Waals surface area (Å²) in [6.45, 7) is 2.59. The van der Waals surface area contributed by atoms with Crippen molar-refractivity contribution < 1.29 is 72.0 Å². The number of hydrogen-bond acceptors (Lipinski definition) is 18. The molecule has 3 heterocycles. The van der Waals surface area contributed by atoms with Crippen LogP contribution in [0.1, 0.15) is 88.6 Å². The average molecular weight is 1550 g/mol. The van der Waals surface area contributed by atoms with Crippen LogP contribution >= 0.6 is 0 Å². The summed E-state index contributed by atoms with van der Waals surface area (Å²) in [7, 11) is 0. The third-order valence-electron chi connectivity index (χ3n) is 19.2. The first-order valence-corrected chi connectivity index (χ1v) is 37.8. The lowest BCUT2D eigenvalue weighted by atomic mass is 9.97. The number of rotatable bonds is 33. The SMILES string of the molecule is [N-]=[N+]=NC1CC[C@@H]([C@@H](COCc2ccccc2)N(Cc2ccccc2)C(=O)OCc2ccccc2)OC1=O.[N-]=[N+]=N[C@@H]1CC[C@@H]([C@@H](COCc2ccccc2)N(Cc2ccccc2)C(=O)OCc2ccccc2)OC1O.[N-]=[N+]=N[C@H]1CC[C@@H]([C@@H](COCc2ccccc2)N(Cc2ccccc2)C(=O)OCc2ccccc2)OC1O. The topological polar surface area (TPSA) is 348 Å². The van der Waals surface area contributed by atoms with Gasteiger partial charge < -0.3 is 52.8 Å². The highest BCUT2D eigenvalue weighted by Crippen LogP contribution is 2.32. The summed E-state index contributed by atoms with van der Waals surface area (Å²) in [6.07, 6.45) is -3.38. The van der Waals surface area contributed by atoms with E-state index in [4.69, 9.17) is 59.2 Å². The Morgan fingerprint density at radius 3 is 0.851 bits per heavy atom. The molecule has 0 aromatic heterocycles. The zero-order valence-corrected chi connectivity index (χ0v) is 63.1. The quantitative estimate of drug-likeness (QED) is 0.0127. The molecule has 0 aliphatic carbocycles. The fourth-order valence-corrected chi connectivity index (χ4v) is 13.2. The molecule has 3 unspecified atom stereocenters. The second-order valence-electron chi connectivity index (χ2n) is 27.3. The van der Waals surface area contributed by atoms with Gasteiger partial charge in [-0.25, -0.2) is 14.4 Å². The zero-order valence-electron chi connectivity index (χ0n) is 63.1. The highest BCUT2D eigenvalue weighted by Gasteiger charge is 2.43. The lowest BCUT2D eigenvalue weighted by Gasteiger charge is -2.40. The Balaban J connectivity index is 0.000000181. The second kappa shape index (κ2) is 46.7. The molecule has 592 valence electrons. The predicted octanol–water partition coefficient (Wildman–Crippen LogP) is 17.0. The summed E-state index contributed by atoms with van der Waals surface area (Å²) < 4.78 is 52.9. The van der Waals surface area contributed by atoms with Crippen molar-refractivity contribution in [1.29, 1.82) is 0 Å². The highest BCUT2D eigenvalue weighted by atomic mass is 16.6. The molecule has 3 aliphatic heterocycles. The molecule has 9 aromatic carbocycles. The van der Waals surface area contributed by atoms with Crippen molar-refractivity contribution in [3.8, 4) is 0 Å². The predicted molar refractivity (Wildman–Crippen MR) is 424 cm³/mol. The number of aliphatic hydroxyl groups is 2. The van der Waals surface area contributed by atoms with Crippen LogP contribution in [-0.4, -0.2) is 136 Å². The molecule has 2 N–H and O–H groups in total. The van der Waals surface area contributed by atoms with Gasteiger partial charge in [-0.15, -0.1) is 0 Å². The number of amides is 3. The number of hydrogen-bond donors (Lipinski definition) is 2. The van der Waals surface area contributed by atoms with Gasteiger partial charge in [0.25, 0.3) is 0 Å². The van der Waals surface area contributed by atoms with Crippen LogP contribution in [0.3, 0.4) is 0 Å². The van der Waals surface area contributed by atoms with E-state index in [1.807, 2.05) is 273 Å². The van der Waals surface area contributed by atoms with E-state index in [9.17, 15) is 29.4 Å². The Hall–Kier alpha value is -12.1. The van der Waals surface area contributed by atoms with E-state index in [0.29, 0.717) is 58.3 Å². The van der Waals surface area contributed by atoms with E-state index >= 15 is 0 Å². The summed E-state index contributed by atoms with van der Waals surface area (Å²) >= 11 is 0. The molecule has 3 fully saturated rings. The van der Waals surface area contributed by atoms with E-state index in [1.54, 1.807) is 14.7 Å². The molecule has 27 heteroatoms. The van der Waals surface area contributed by atoms with E-state index in [-0.39, 0.29) is 59.3 Å². The average Bonchev–Trinajstić information content (AvgIpc) is 0.824. The fourth-order valence-electron chi connectivity index (χ4n) is 13.2. The van der Waals surface area contributed by atoms with E-state index in [2.05, 4.69) is 30.1 Å². The molecule has 3 aliphatic rings. The Morgan fingerprint density at radius 2 is 0.596 bits per heavy atom. The number of esters is 1. The lowest BCUT2D eigenvalue weighted by Crippen LogP contribution is -2.54. The monoisotopic (exact) mass is 1550 g/mol. The number of aliphatic hydroxyl groups excluding tert-OH is 2. The maximum Gasteiger partial charge on any atom is 0.410 e. The van der Waals surface area contributed by atoms with Gasteiger partial charge in [-0.3, -0.25) is 19.5 Å². The van der Waals surface area contributed by atoms with Gasteiger partial charge in [0.15, 0.2) is 12.6 Å². The zero-order chi connectivity index (χ0) is 79.7. The van der Waals surface area contributed by atoms with Crippen LogP contribution in [0.25, 0.3) is 31.3 Å². The van der Waals surface area contributed by atoms with Crippen LogP contribution < -0.4 is 0 Å². The summed E-state index contributed by atoms with van der Waals surface area (Å²) in [5.41, 5.74) is 34.7. The molecule has 0 spiro atoms. The van der Waals surface area contributed by atoms with Crippen molar-refractivity contribution in [2.45, 2.75) is 165 Å². The van der Waals surface area contributed by atoms with Gasteiger partial charge in [0.2, 0.25) is 0 Å². The number of benzene rings is 9. The largest absolute Gasteiger partial charge is 0.460 e. The number of cyclic esters (lactones) is 1. The van der Waals surface area contributed by atoms with Crippen LogP contribution in [0.15, 0.2) is 288 Å². The number of ether oxygens (including phenoxy) is 9. The van der Waals surface area contributed by atoms with Crippen LogP contribution in [0.4, 0.5) is 14.4 Å². The van der Waals surface area contributed by atoms with Crippen molar-refractivity contribution in [2.24, 2.45) is 15.3 Å². The van der Waals surface area contributed by atoms with Gasteiger partial charge in [-0.05, 0) is 105 Å². The minimum Gasteiger partial charge on any atom is -0.460 e. The van der Waals surface area contributed by atoms with Gasteiger partial charge in [0, 0.05) is 34.4 Å². The Labute approximate surface area is 662 Å². The van der Waals surface area contributed by atoms with E-state index < -0.39 is 91.4 Å². The molecule has 3 amide bonds. The smallest absolute Gasteiger partial charge is 0.410 e. The summed E-state index contributed by atoms with van der Waals surface area (Å²) in [5.74, 6) is -0.607. The molecule has 0 bridgehead atoms. The van der Waals surface area contributed by atoms with Gasteiger partial charge in [0.05, 0.1) is 82.1 Å². The van der Waals surface area contributed by atoms with Crippen LogP contribution in [0, 0.1) is 0 Å². The number of carbonyl (C=O) groups is 4. The van der Waals surface area contributed by atoms with Gasteiger partial charge >= 0.3 is 24.2 Å². The number of azide groups is 3. The molecule has 12 rings (SSSR count). The van der Waals surface area contributed by atoms with Gasteiger partial charge in [0.1, 0.15) is 32.0 Å². The first-order valence-electron chi connectivity index (χ1n) is 37.8. The molecule has 3 saturated heterocycles. The summed E-state index contributed by atoms with van der Waals surface area (Å²) in [5, 5.41) is 31.9. The third-order valence-corrected chi connectivity index (χ3v) is 19.2. The molecule has 0 saturated carbocycles. The van der Waals surface area contributed by atoms with Crippen molar-refractivity contribution in [3.05, 3.63) is 354 Å². The molecule has 27 nitrogen and oxygen atoms in total. The first kappa shape index (κ1) is 84.4. The fraction of sp³-hybridized carbons (Fsp3) is 0.333. The Kier molecular flexibility index (Phi) is 34.5. The van der Waals surface area contributed by atoms with Crippen molar-refractivity contribution in [3.63, 3.8) is 0 Å². The maximum absolute atomic E-state index is 13.6. The molecule has 0 radical (unpaired) electrons. The van der Waals surface area contributed by atoms with E-state index in [0.717, 1.165) is 50.1 Å². The number of nitrogens with zero attached hydrogens (tertiary/aromatic N) is 12. The lowest BCUT2D eigenvalue weighted by molar-refractivity contribution is -0.194. The number of carbonyl (C=O) groups excluding carboxylic acids is 4. The Bertz CT molecular complexity index is 4290. The second-order valence-corrected chi connectivity index (χ2v) is 27.3. The normalized spacial score (nSPS) is 18.9. The van der Waals surface area contributed by atoms with Crippen LogP contribution in [0.2, 0.25) is 0 Å². The summed E-state index contributed by atoms with van der Waals surface area (Å²) in [6, 6.07) is 82.3. The van der Waals surface area contributed by atoms with Crippen molar-refractivity contribution in [2.75, 3.05) is 19.8 Å². The molecular formula is C87H94N12O15. The van der Waals surface area contributed by atoms with Crippen molar-refractivity contribution in [1.82, 2.24) is 14.7 Å². The third kappa shape index (κ3) is 27.4. The van der Waals surface area contributed by atoms with Crippen LogP contribution in [-0.2, 0) is 107 Å². The highest BCUT2D eigenvalue weighted by molar-refractivity contribution is 5.77. The van der Waals surface area contributed by atoms with Gasteiger partial charge in [-0.1, -0.05) is 288 Å². The summed E-state index contributed by atoms with van der Waals surface area (Å²) in [4.78, 5) is 66.4. The molecule has 11 atom stereocenters. The van der Waals surface area contributed by atoms with Crippen molar-refractivity contribution >= 4 is 24.2 Å². The standard InChI is InChI=1S/2C29H32N4O5.C29H30N4O5/c3*30-32-31-25-16-17-27(38-28(25)34)26(21-36-19-23-12-6-2-7-13-23)33(18-22-10-4-1-5-11-22)29(35)37-20-24-14-8-3-9-15-24/h2*1-15,25-28,34H,16-21H2;1-15,25-27H,16-21H2/t25-,26+,27-,28?;25-,26-,27+,28?;25?,26-,27+/m011/s1. The van der Waals surface area contributed by atoms with Gasteiger partial charge in [-0.2, -0.15) is 0 Å². The maximum atomic E-state index is 13.6. The van der Waals surface area contributed by atoms with Crippen LogP contribution in [0.5, 0.6) is 0 Å². The minimum atomic E-state index is -1.28. The van der Waals surface area contributed by atoms with E-state index in [1.165, 1.54) is 0 Å². The molecular weight excluding hydrogens is 1450 g/mol. The minimum absolute atomic E-state index is 0.103.